The zero-order valence-corrected chi connectivity index (χ0v) is 18.3. The van der Waals surface area contributed by atoms with Gasteiger partial charge in [0.2, 0.25) is 5.78 Å². The highest BCUT2D eigenvalue weighted by molar-refractivity contribution is 7.11. The first-order valence-electron chi connectivity index (χ1n) is 9.74. The normalized spacial score (nSPS) is 16.9. The number of fused-ring (bicyclic) bond motifs is 3. The van der Waals surface area contributed by atoms with E-state index in [1.165, 1.54) is 0 Å². The maximum absolute atomic E-state index is 13.1. The second kappa shape index (κ2) is 7.58. The zero-order chi connectivity index (χ0) is 20.8. The molecule has 5 rings (SSSR count). The van der Waals surface area contributed by atoms with Crippen molar-refractivity contribution in [1.82, 2.24) is 4.90 Å². The van der Waals surface area contributed by atoms with E-state index in [0.717, 1.165) is 44.4 Å². The quantitative estimate of drug-likeness (QED) is 0.472. The Balaban J connectivity index is 1.46. The Kier molecular flexibility index (Phi) is 4.89. The van der Waals surface area contributed by atoms with Crippen LogP contribution in [0.15, 0.2) is 47.5 Å². The van der Waals surface area contributed by atoms with E-state index in [-0.39, 0.29) is 5.78 Å². The fourth-order valence-electron chi connectivity index (χ4n) is 3.88. The monoisotopic (exact) mass is 437 g/mol. The zero-order valence-electron chi connectivity index (χ0n) is 16.7. The summed E-state index contributed by atoms with van der Waals surface area (Å²) in [5.41, 5.74) is 4.74. The van der Waals surface area contributed by atoms with Crippen LogP contribution >= 0.6 is 22.9 Å². The van der Waals surface area contributed by atoms with Crippen LogP contribution in [0.5, 0.6) is 11.5 Å². The summed E-state index contributed by atoms with van der Waals surface area (Å²) in [6.45, 7) is 5.83. The molecule has 6 heteroatoms. The average Bonchev–Trinajstić information content (AvgIpc) is 3.28. The van der Waals surface area contributed by atoms with Gasteiger partial charge >= 0.3 is 0 Å². The van der Waals surface area contributed by atoms with Gasteiger partial charge in [-0.2, -0.15) is 0 Å². The number of ether oxygens (including phenoxy) is 2. The largest absolute Gasteiger partial charge is 0.478 e. The Hall–Kier alpha value is -2.60. The van der Waals surface area contributed by atoms with E-state index in [4.69, 9.17) is 21.1 Å². The molecule has 1 aromatic heterocycles. The number of rotatable bonds is 3. The number of carbonyl (C=O) groups is 1. The van der Waals surface area contributed by atoms with Crippen LogP contribution in [-0.2, 0) is 13.1 Å². The van der Waals surface area contributed by atoms with Gasteiger partial charge in [0.25, 0.3) is 0 Å². The predicted molar refractivity (Wildman–Crippen MR) is 119 cm³/mol. The summed E-state index contributed by atoms with van der Waals surface area (Å²) in [6, 6.07) is 11.8. The van der Waals surface area contributed by atoms with Crippen LogP contribution in [0.4, 0.5) is 0 Å². The van der Waals surface area contributed by atoms with Gasteiger partial charge in [0, 0.05) is 29.1 Å². The number of aryl methyl sites for hydroxylation is 2. The topological polar surface area (TPSA) is 38.8 Å². The highest BCUT2D eigenvalue weighted by atomic mass is 35.5. The lowest BCUT2D eigenvalue weighted by molar-refractivity contribution is 0.0872. The van der Waals surface area contributed by atoms with Crippen molar-refractivity contribution >= 4 is 34.8 Å². The van der Waals surface area contributed by atoms with E-state index < -0.39 is 0 Å². The number of halogens is 1. The predicted octanol–water partition coefficient (Wildman–Crippen LogP) is 5.99. The Morgan fingerprint density at radius 3 is 2.70 bits per heavy atom. The molecule has 0 N–H and O–H groups in total. The van der Waals surface area contributed by atoms with E-state index in [1.807, 2.05) is 61.7 Å². The molecule has 0 amide bonds. The molecule has 2 aromatic carbocycles. The Bertz CT molecular complexity index is 1180. The van der Waals surface area contributed by atoms with Crippen molar-refractivity contribution in [1.29, 1.82) is 0 Å². The highest BCUT2D eigenvalue weighted by Crippen LogP contribution is 2.44. The number of carbonyl (C=O) groups excluding carboxylic acids is 1. The van der Waals surface area contributed by atoms with Gasteiger partial charge in [0.15, 0.2) is 5.76 Å². The number of benzene rings is 2. The maximum atomic E-state index is 13.1. The number of allylic oxidation sites excluding steroid dienone is 1. The lowest BCUT2D eigenvalue weighted by atomic mass is 9.98. The summed E-state index contributed by atoms with van der Waals surface area (Å²) >= 11 is 7.60. The second-order valence-electron chi connectivity index (χ2n) is 7.67. The van der Waals surface area contributed by atoms with Crippen molar-refractivity contribution in [2.45, 2.75) is 26.9 Å². The highest BCUT2D eigenvalue weighted by Gasteiger charge is 2.35. The smallest absolute Gasteiger partial charge is 0.232 e. The summed E-state index contributed by atoms with van der Waals surface area (Å²) in [5.74, 6) is 1.74. The number of hydrogen-bond donors (Lipinski definition) is 0. The van der Waals surface area contributed by atoms with Crippen LogP contribution in [0, 0.1) is 13.8 Å². The van der Waals surface area contributed by atoms with Crippen LogP contribution in [0.2, 0.25) is 5.02 Å². The first-order valence-corrected chi connectivity index (χ1v) is 11.0. The van der Waals surface area contributed by atoms with E-state index in [0.29, 0.717) is 30.3 Å². The summed E-state index contributed by atoms with van der Waals surface area (Å²) in [5, 5.41) is 2.74. The van der Waals surface area contributed by atoms with Gasteiger partial charge in [-0.1, -0.05) is 23.7 Å². The molecule has 4 nitrogen and oxygen atoms in total. The van der Waals surface area contributed by atoms with E-state index >= 15 is 0 Å². The molecule has 0 unspecified atom stereocenters. The van der Waals surface area contributed by atoms with Crippen molar-refractivity contribution < 1.29 is 14.3 Å². The van der Waals surface area contributed by atoms with Crippen molar-refractivity contribution in [2.24, 2.45) is 0 Å². The lowest BCUT2D eigenvalue weighted by Crippen LogP contribution is -2.31. The third kappa shape index (κ3) is 3.43. The minimum atomic E-state index is -0.0621. The van der Waals surface area contributed by atoms with Gasteiger partial charge in [0.1, 0.15) is 18.2 Å². The molecule has 0 radical (unpaired) electrons. The van der Waals surface area contributed by atoms with Crippen molar-refractivity contribution in [3.63, 3.8) is 0 Å². The van der Waals surface area contributed by atoms with Crippen LogP contribution in [0.1, 0.15) is 37.5 Å². The number of nitrogens with zero attached hydrogens (tertiary/aromatic N) is 1. The first-order chi connectivity index (χ1) is 14.5. The third-order valence-electron chi connectivity index (χ3n) is 5.47. The van der Waals surface area contributed by atoms with Crippen molar-refractivity contribution in [3.05, 3.63) is 85.3 Å². The standard InChI is InChI=1S/C24H20ClNO3S/c1-14-7-8-30-21(14)10-20-23(27)22-15(2)9-19-18(24(22)29-20)12-26(13-28-19)11-16-3-5-17(25)6-4-16/h3-10H,11-13H2,1-2H3/b20-10-. The number of hydrogen-bond acceptors (Lipinski definition) is 5. The van der Waals surface area contributed by atoms with Crippen LogP contribution in [-0.4, -0.2) is 17.4 Å². The number of Topliss-reactive ketones (excluding diaryl/α,β-unsaturated/α-hetero) is 1. The molecule has 3 heterocycles. The molecule has 2 aliphatic rings. The third-order valence-corrected chi connectivity index (χ3v) is 6.69. The van der Waals surface area contributed by atoms with Crippen LogP contribution in [0.25, 0.3) is 6.08 Å². The molecule has 3 aromatic rings. The fourth-order valence-corrected chi connectivity index (χ4v) is 4.85. The van der Waals surface area contributed by atoms with Crippen LogP contribution in [0.3, 0.4) is 0 Å². The number of thiophene rings is 1. The van der Waals surface area contributed by atoms with Gasteiger partial charge in [0.05, 0.1) is 11.1 Å². The fraction of sp³-hybridized carbons (Fsp3) is 0.208. The van der Waals surface area contributed by atoms with Crippen LogP contribution < -0.4 is 9.47 Å². The van der Waals surface area contributed by atoms with E-state index in [9.17, 15) is 4.79 Å². The van der Waals surface area contributed by atoms with Crippen molar-refractivity contribution in [3.8, 4) is 11.5 Å². The molecule has 0 saturated heterocycles. The number of ketones is 1. The Morgan fingerprint density at radius 1 is 1.17 bits per heavy atom. The molecule has 30 heavy (non-hydrogen) atoms. The molecule has 0 aliphatic carbocycles. The minimum Gasteiger partial charge on any atom is -0.478 e. The van der Waals surface area contributed by atoms with Crippen molar-refractivity contribution in [2.75, 3.05) is 6.73 Å². The summed E-state index contributed by atoms with van der Waals surface area (Å²) < 4.78 is 12.2. The van der Waals surface area contributed by atoms with Gasteiger partial charge in [-0.3, -0.25) is 9.69 Å². The molecule has 2 aliphatic heterocycles. The Morgan fingerprint density at radius 2 is 1.97 bits per heavy atom. The molecule has 0 saturated carbocycles. The average molecular weight is 438 g/mol. The lowest BCUT2D eigenvalue weighted by Gasteiger charge is -2.30. The van der Waals surface area contributed by atoms with E-state index in [1.54, 1.807) is 11.3 Å². The maximum Gasteiger partial charge on any atom is 0.232 e. The molecule has 0 fully saturated rings. The molecular weight excluding hydrogens is 418 g/mol. The SMILES string of the molecule is Cc1ccsc1/C=C1\Oc2c3c(cc(C)c2C1=O)OCN(Cc1ccc(Cl)cc1)C3. The summed E-state index contributed by atoms with van der Waals surface area (Å²) in [7, 11) is 0. The summed E-state index contributed by atoms with van der Waals surface area (Å²) in [4.78, 5) is 16.3. The van der Waals surface area contributed by atoms with Gasteiger partial charge in [-0.25, -0.2) is 0 Å². The minimum absolute atomic E-state index is 0.0621. The van der Waals surface area contributed by atoms with Gasteiger partial charge in [-0.15, -0.1) is 11.3 Å². The molecule has 0 bridgehead atoms. The molecule has 0 spiro atoms. The summed E-state index contributed by atoms with van der Waals surface area (Å²) in [6.07, 6.45) is 1.85. The molecule has 0 atom stereocenters. The molecular formula is C24H20ClNO3S. The second-order valence-corrected chi connectivity index (χ2v) is 9.05. The van der Waals surface area contributed by atoms with E-state index in [2.05, 4.69) is 4.90 Å². The molecule has 152 valence electrons. The Labute approximate surface area is 184 Å². The van der Waals surface area contributed by atoms with Gasteiger partial charge in [-0.05, 0) is 60.2 Å². The van der Waals surface area contributed by atoms with Gasteiger partial charge < -0.3 is 9.47 Å². The first kappa shape index (κ1) is 19.4.